The number of rotatable bonds is 4. The maximum atomic E-state index is 5.93. The number of para-hydroxylation sites is 2. The normalized spacial score (nSPS) is 18.6. The molecule has 1 fully saturated rings. The Balaban J connectivity index is 1.14. The summed E-state index contributed by atoms with van der Waals surface area (Å²) < 4.78 is 32.3. The van der Waals surface area contributed by atoms with E-state index in [4.69, 9.17) is 43.4 Å². The third-order valence-electron chi connectivity index (χ3n) is 6.78. The number of hydrogen-bond donors (Lipinski definition) is 0. The fourth-order valence-corrected chi connectivity index (χ4v) is 7.24. The molecule has 0 atom stereocenters. The van der Waals surface area contributed by atoms with Crippen molar-refractivity contribution in [3.8, 4) is 0 Å². The first-order valence-corrected chi connectivity index (χ1v) is 16.1. The molecule has 3 heterocycles. The molecule has 0 spiro atoms. The number of thiazole rings is 2. The summed E-state index contributed by atoms with van der Waals surface area (Å²) in [5.41, 5.74) is 2.34. The zero-order valence-corrected chi connectivity index (χ0v) is 25.8. The predicted molar refractivity (Wildman–Crippen MR) is 168 cm³/mol. The van der Waals surface area contributed by atoms with Crippen LogP contribution in [0.2, 0.25) is 0 Å². The Labute approximate surface area is 253 Å². The molecule has 0 N–H and O–H groups in total. The summed E-state index contributed by atoms with van der Waals surface area (Å²) in [5, 5.41) is 0. The van der Waals surface area contributed by atoms with Gasteiger partial charge in [-0.05, 0) is 48.7 Å². The fourth-order valence-electron chi connectivity index (χ4n) is 4.62. The Kier molecular flexibility index (Phi) is 11.7. The van der Waals surface area contributed by atoms with Crippen molar-refractivity contribution in [3.63, 3.8) is 0 Å². The molecule has 1 saturated heterocycles. The first kappa shape index (κ1) is 29.9. The van der Waals surface area contributed by atoms with E-state index in [0.29, 0.717) is 66.2 Å². The first-order chi connectivity index (χ1) is 19.7. The third kappa shape index (κ3) is 8.25. The van der Waals surface area contributed by atoms with E-state index in [1.54, 1.807) is 22.7 Å². The Hall–Kier alpha value is -1.58. The molecule has 0 radical (unpaired) electrons. The lowest BCUT2D eigenvalue weighted by atomic mass is 10.3. The van der Waals surface area contributed by atoms with E-state index in [-0.39, 0.29) is 0 Å². The van der Waals surface area contributed by atoms with Crippen molar-refractivity contribution in [1.82, 2.24) is 18.9 Å². The Morgan fingerprint density at radius 3 is 1.25 bits per heavy atom. The molecule has 5 rings (SSSR count). The van der Waals surface area contributed by atoms with E-state index in [2.05, 4.69) is 67.5 Å². The number of aromatic nitrogens is 2. The Bertz CT molecular complexity index is 1340. The van der Waals surface area contributed by atoms with E-state index in [1.807, 2.05) is 0 Å². The lowest BCUT2D eigenvalue weighted by molar-refractivity contribution is 0.00135. The maximum absolute atomic E-state index is 5.93. The Morgan fingerprint density at radius 2 is 0.875 bits per heavy atom. The molecule has 4 aromatic rings. The average Bonchev–Trinajstić information content (AvgIpc) is 3.45. The van der Waals surface area contributed by atoms with Gasteiger partial charge in [-0.25, -0.2) is 0 Å². The lowest BCUT2D eigenvalue weighted by Crippen LogP contribution is -2.34. The van der Waals surface area contributed by atoms with Gasteiger partial charge < -0.3 is 28.1 Å². The average molecular weight is 621 g/mol. The molecule has 216 valence electrons. The number of benzene rings is 2. The topological polar surface area (TPSA) is 53.3 Å². The van der Waals surface area contributed by atoms with Gasteiger partial charge >= 0.3 is 0 Å². The number of ether oxygens (including phenoxy) is 4. The van der Waals surface area contributed by atoms with Crippen LogP contribution in [-0.2, 0) is 32.3 Å². The van der Waals surface area contributed by atoms with Crippen LogP contribution in [0, 0.1) is 7.91 Å². The van der Waals surface area contributed by atoms with Crippen LogP contribution in [0.25, 0.3) is 20.4 Å². The molecule has 2 aromatic heterocycles. The molecule has 0 saturated carbocycles. The minimum Gasteiger partial charge on any atom is -0.378 e. The van der Waals surface area contributed by atoms with Crippen LogP contribution in [0.15, 0.2) is 48.5 Å². The Morgan fingerprint density at radius 1 is 0.525 bits per heavy atom. The fraction of sp³-hybridized carbons (Fsp3) is 0.500. The lowest BCUT2D eigenvalue weighted by Gasteiger charge is -2.24. The highest BCUT2D eigenvalue weighted by Gasteiger charge is 2.13. The minimum atomic E-state index is 0.564. The van der Waals surface area contributed by atoms with Crippen LogP contribution in [0.4, 0.5) is 0 Å². The van der Waals surface area contributed by atoms with Gasteiger partial charge in [-0.2, -0.15) is 0 Å². The van der Waals surface area contributed by atoms with Gasteiger partial charge in [0.25, 0.3) is 0 Å². The molecule has 2 aromatic carbocycles. The summed E-state index contributed by atoms with van der Waals surface area (Å²) in [6, 6.07) is 16.7. The van der Waals surface area contributed by atoms with Crippen molar-refractivity contribution in [3.05, 3.63) is 56.4 Å². The van der Waals surface area contributed by atoms with E-state index in [1.165, 1.54) is 20.4 Å². The second-order valence-electron chi connectivity index (χ2n) is 9.50. The quantitative estimate of drug-likeness (QED) is 0.278. The third-order valence-corrected chi connectivity index (χ3v) is 9.64. The minimum absolute atomic E-state index is 0.564. The van der Waals surface area contributed by atoms with Crippen LogP contribution in [0.1, 0.15) is 0 Å². The van der Waals surface area contributed by atoms with Gasteiger partial charge in [0, 0.05) is 26.2 Å². The highest BCUT2D eigenvalue weighted by molar-refractivity contribution is 7.74. The van der Waals surface area contributed by atoms with E-state index < -0.39 is 0 Å². The van der Waals surface area contributed by atoms with Gasteiger partial charge in [0.15, 0.2) is 7.91 Å². The highest BCUT2D eigenvalue weighted by atomic mass is 32.2. The summed E-state index contributed by atoms with van der Waals surface area (Å²) in [4.78, 5) is 4.66. The first-order valence-electron chi connectivity index (χ1n) is 13.6. The monoisotopic (exact) mass is 620 g/mol. The molecule has 12 heteroatoms. The van der Waals surface area contributed by atoms with Gasteiger partial charge in [-0.3, -0.25) is 9.80 Å². The van der Waals surface area contributed by atoms with Gasteiger partial charge in [0.2, 0.25) is 0 Å². The van der Waals surface area contributed by atoms with Gasteiger partial charge in [-0.15, -0.1) is 22.7 Å². The van der Waals surface area contributed by atoms with E-state index in [0.717, 1.165) is 34.1 Å². The molecule has 40 heavy (non-hydrogen) atoms. The molecule has 0 unspecified atom stereocenters. The zero-order chi connectivity index (χ0) is 27.6. The number of nitrogens with zero attached hydrogens (tertiary/aromatic N) is 4. The number of fused-ring (bicyclic) bond motifs is 2. The van der Waals surface area contributed by atoms with Gasteiger partial charge in [0.05, 0.1) is 86.6 Å². The summed E-state index contributed by atoms with van der Waals surface area (Å²) in [6.07, 6.45) is 0. The predicted octanol–water partition coefficient (Wildman–Crippen LogP) is 5.48. The second kappa shape index (κ2) is 15.6. The highest BCUT2D eigenvalue weighted by Crippen LogP contribution is 2.24. The standard InChI is InChI=1S/C28H36N4O4S4/c37-27-31(23-5-1-3-7-25(23)39-27)21-29-9-13-33-17-19-35-15-11-30(12-16-36-20-18-34-14-10-29)22-32-24-6-2-4-8-26(24)40-28(32)38/h1-8H,9-22H2. The molecule has 0 aliphatic carbocycles. The van der Waals surface area contributed by atoms with Crippen LogP contribution in [0.5, 0.6) is 0 Å². The van der Waals surface area contributed by atoms with Crippen molar-refractivity contribution in [2.75, 3.05) is 79.0 Å². The number of hydrogen-bond acceptors (Lipinski definition) is 10. The smallest absolute Gasteiger partial charge is 0.163 e. The van der Waals surface area contributed by atoms with Crippen molar-refractivity contribution < 1.29 is 18.9 Å². The van der Waals surface area contributed by atoms with E-state index in [9.17, 15) is 0 Å². The summed E-state index contributed by atoms with van der Waals surface area (Å²) in [6.45, 7) is 9.31. The van der Waals surface area contributed by atoms with Crippen molar-refractivity contribution >= 4 is 67.5 Å². The van der Waals surface area contributed by atoms with Gasteiger partial charge in [-0.1, -0.05) is 24.3 Å². The van der Waals surface area contributed by atoms with Crippen LogP contribution >= 0.6 is 47.1 Å². The summed E-state index contributed by atoms with van der Waals surface area (Å²) >= 11 is 14.6. The molecule has 1 aliphatic heterocycles. The van der Waals surface area contributed by atoms with Crippen molar-refractivity contribution in [2.45, 2.75) is 13.3 Å². The molecule has 0 bridgehead atoms. The van der Waals surface area contributed by atoms with Crippen LogP contribution < -0.4 is 0 Å². The maximum Gasteiger partial charge on any atom is 0.163 e. The second-order valence-corrected chi connectivity index (χ2v) is 12.8. The van der Waals surface area contributed by atoms with Crippen LogP contribution in [-0.4, -0.2) is 98.0 Å². The summed E-state index contributed by atoms with van der Waals surface area (Å²) in [7, 11) is 0. The van der Waals surface area contributed by atoms with Crippen molar-refractivity contribution in [2.24, 2.45) is 0 Å². The van der Waals surface area contributed by atoms with Crippen molar-refractivity contribution in [1.29, 1.82) is 0 Å². The molecular weight excluding hydrogens is 585 g/mol. The molecule has 1 aliphatic rings. The SMILES string of the molecule is S=c1sc2ccccc2n1CN1CCOCCOCCN(Cn2c(=S)sc3ccccc32)CCOCCOCC1. The zero-order valence-electron chi connectivity index (χ0n) is 22.6. The van der Waals surface area contributed by atoms with E-state index >= 15 is 0 Å². The van der Waals surface area contributed by atoms with Gasteiger partial charge in [0.1, 0.15) is 0 Å². The van der Waals surface area contributed by atoms with Crippen LogP contribution in [0.3, 0.4) is 0 Å². The molecular formula is C28H36N4O4S4. The summed E-state index contributed by atoms with van der Waals surface area (Å²) in [5.74, 6) is 0. The molecule has 0 amide bonds. The largest absolute Gasteiger partial charge is 0.378 e. The molecule has 8 nitrogen and oxygen atoms in total.